The molecule has 1 saturated heterocycles. The number of thiazole rings is 1. The third-order valence-corrected chi connectivity index (χ3v) is 6.95. The molecule has 1 aromatic rings. The lowest BCUT2D eigenvalue weighted by Gasteiger charge is -2.33. The van der Waals surface area contributed by atoms with Crippen LogP contribution in [0.5, 0.6) is 0 Å². The van der Waals surface area contributed by atoms with Crippen LogP contribution in [0.4, 0.5) is 0 Å². The number of piperazine rings is 1. The number of hydrogen-bond acceptors (Lipinski definition) is 5. The lowest BCUT2D eigenvalue weighted by atomic mass is 9.93. The van der Waals surface area contributed by atoms with Crippen molar-refractivity contribution in [1.82, 2.24) is 14.2 Å². The van der Waals surface area contributed by atoms with Crippen molar-refractivity contribution in [3.8, 4) is 0 Å². The highest BCUT2D eigenvalue weighted by molar-refractivity contribution is 7.89. The Morgan fingerprint density at radius 1 is 1.22 bits per heavy atom. The predicted octanol–water partition coefficient (Wildman–Crippen LogP) is 2.69. The van der Waals surface area contributed by atoms with E-state index in [1.165, 1.54) is 0 Å². The smallest absolute Gasteiger partial charge is 0.214 e. The maximum Gasteiger partial charge on any atom is 0.214 e. The molecule has 0 amide bonds. The van der Waals surface area contributed by atoms with Crippen molar-refractivity contribution in [2.75, 3.05) is 31.9 Å². The number of nitrogens with zero attached hydrogens (tertiary/aromatic N) is 3. The highest BCUT2D eigenvalue weighted by Gasteiger charge is 2.27. The Labute approximate surface area is 144 Å². The van der Waals surface area contributed by atoms with Gasteiger partial charge >= 0.3 is 0 Å². The van der Waals surface area contributed by atoms with E-state index in [1.807, 2.05) is 6.92 Å². The summed E-state index contributed by atoms with van der Waals surface area (Å²) in [5, 5.41) is 3.26. The Morgan fingerprint density at radius 2 is 1.87 bits per heavy atom. The van der Waals surface area contributed by atoms with Gasteiger partial charge in [-0.15, -0.1) is 11.3 Å². The van der Waals surface area contributed by atoms with Gasteiger partial charge in [0.25, 0.3) is 0 Å². The van der Waals surface area contributed by atoms with Gasteiger partial charge in [-0.1, -0.05) is 34.1 Å². The first-order chi connectivity index (χ1) is 10.7. The standard InChI is InChI=1S/C16H29N3O2S2/c1-5-6-11-23(20,21)19-9-7-18(8-10-19)12-15-17-14(13-22-15)16(2,3)4/h13H,5-12H2,1-4H3. The second-order valence-electron chi connectivity index (χ2n) is 7.22. The van der Waals surface area contributed by atoms with Gasteiger partial charge in [-0.3, -0.25) is 4.90 Å². The minimum atomic E-state index is -3.06. The molecule has 1 aliphatic heterocycles. The summed E-state index contributed by atoms with van der Waals surface area (Å²) in [6.07, 6.45) is 1.66. The van der Waals surface area contributed by atoms with Gasteiger partial charge in [0.1, 0.15) is 5.01 Å². The fourth-order valence-electron chi connectivity index (χ4n) is 2.54. The molecule has 1 aliphatic rings. The van der Waals surface area contributed by atoms with E-state index in [-0.39, 0.29) is 11.2 Å². The third kappa shape index (κ3) is 5.24. The lowest BCUT2D eigenvalue weighted by Crippen LogP contribution is -2.48. The summed E-state index contributed by atoms with van der Waals surface area (Å²) in [5.74, 6) is 0.283. The Hall–Kier alpha value is -0.500. The number of aromatic nitrogens is 1. The maximum absolute atomic E-state index is 12.2. The third-order valence-electron chi connectivity index (χ3n) is 4.16. The molecule has 0 bridgehead atoms. The van der Waals surface area contributed by atoms with Gasteiger partial charge < -0.3 is 0 Å². The van der Waals surface area contributed by atoms with Crippen LogP contribution in [0.25, 0.3) is 0 Å². The van der Waals surface area contributed by atoms with Crippen LogP contribution in [0.1, 0.15) is 51.2 Å². The van der Waals surface area contributed by atoms with Crippen molar-refractivity contribution >= 4 is 21.4 Å². The fourth-order valence-corrected chi connectivity index (χ4v) is 5.23. The van der Waals surface area contributed by atoms with Crippen LogP contribution in [0, 0.1) is 0 Å². The van der Waals surface area contributed by atoms with Crippen molar-refractivity contribution in [3.05, 3.63) is 16.1 Å². The molecule has 0 N–H and O–H groups in total. The van der Waals surface area contributed by atoms with Crippen LogP contribution in [0.3, 0.4) is 0 Å². The summed E-state index contributed by atoms with van der Waals surface area (Å²) in [7, 11) is -3.06. The number of hydrogen-bond donors (Lipinski definition) is 0. The molecule has 132 valence electrons. The largest absolute Gasteiger partial charge is 0.294 e. The molecule has 23 heavy (non-hydrogen) atoms. The van der Waals surface area contributed by atoms with Crippen LogP contribution in [0.15, 0.2) is 5.38 Å². The van der Waals surface area contributed by atoms with Crippen LogP contribution in [-0.4, -0.2) is 54.5 Å². The van der Waals surface area contributed by atoms with E-state index in [0.717, 1.165) is 43.2 Å². The minimum Gasteiger partial charge on any atom is -0.294 e. The molecular weight excluding hydrogens is 330 g/mol. The quantitative estimate of drug-likeness (QED) is 0.784. The molecule has 7 heteroatoms. The van der Waals surface area contributed by atoms with Crippen LogP contribution in [-0.2, 0) is 22.0 Å². The van der Waals surface area contributed by atoms with E-state index in [0.29, 0.717) is 13.1 Å². The normalized spacial score (nSPS) is 18.4. The monoisotopic (exact) mass is 359 g/mol. The van der Waals surface area contributed by atoms with Gasteiger partial charge in [0.2, 0.25) is 10.0 Å². The molecule has 1 aromatic heterocycles. The second-order valence-corrected chi connectivity index (χ2v) is 10.3. The van der Waals surface area contributed by atoms with Gasteiger partial charge in [-0.2, -0.15) is 4.31 Å². The van der Waals surface area contributed by atoms with E-state index < -0.39 is 10.0 Å². The van der Waals surface area contributed by atoms with Crippen molar-refractivity contribution in [2.45, 2.75) is 52.5 Å². The highest BCUT2D eigenvalue weighted by Crippen LogP contribution is 2.24. The predicted molar refractivity (Wildman–Crippen MR) is 96.4 cm³/mol. The molecule has 0 unspecified atom stereocenters. The van der Waals surface area contributed by atoms with E-state index in [1.54, 1.807) is 15.6 Å². The zero-order chi connectivity index (χ0) is 17.1. The van der Waals surface area contributed by atoms with Gasteiger partial charge in [0.05, 0.1) is 18.0 Å². The van der Waals surface area contributed by atoms with Gasteiger partial charge in [-0.25, -0.2) is 13.4 Å². The molecular formula is C16H29N3O2S2. The molecule has 0 aromatic carbocycles. The molecule has 0 spiro atoms. The number of rotatable bonds is 6. The summed E-state index contributed by atoms with van der Waals surface area (Å²) in [6, 6.07) is 0. The lowest BCUT2D eigenvalue weighted by molar-refractivity contribution is 0.181. The van der Waals surface area contributed by atoms with Gasteiger partial charge in [0.15, 0.2) is 0 Å². The Balaban J connectivity index is 1.86. The Morgan fingerprint density at radius 3 is 2.39 bits per heavy atom. The Bertz CT molecular complexity index is 597. The molecule has 0 saturated carbocycles. The van der Waals surface area contributed by atoms with E-state index in [4.69, 9.17) is 4.98 Å². The second kappa shape index (κ2) is 7.59. The summed E-state index contributed by atoms with van der Waals surface area (Å²) in [4.78, 5) is 7.03. The minimum absolute atomic E-state index is 0.0841. The van der Waals surface area contributed by atoms with Crippen molar-refractivity contribution in [1.29, 1.82) is 0 Å². The Kier molecular flexibility index (Phi) is 6.22. The van der Waals surface area contributed by atoms with Crippen molar-refractivity contribution < 1.29 is 8.42 Å². The first kappa shape index (κ1) is 18.8. The summed E-state index contributed by atoms with van der Waals surface area (Å²) in [6.45, 7) is 12.1. The zero-order valence-electron chi connectivity index (χ0n) is 14.7. The van der Waals surface area contributed by atoms with E-state index in [2.05, 4.69) is 31.1 Å². The summed E-state index contributed by atoms with van der Waals surface area (Å²) >= 11 is 1.70. The van der Waals surface area contributed by atoms with Crippen LogP contribution >= 0.6 is 11.3 Å². The molecule has 5 nitrogen and oxygen atoms in total. The number of sulfonamides is 1. The first-order valence-electron chi connectivity index (χ1n) is 8.37. The highest BCUT2D eigenvalue weighted by atomic mass is 32.2. The molecule has 0 atom stereocenters. The molecule has 2 heterocycles. The summed E-state index contributed by atoms with van der Waals surface area (Å²) in [5.41, 5.74) is 1.22. The van der Waals surface area contributed by atoms with Crippen molar-refractivity contribution in [3.63, 3.8) is 0 Å². The van der Waals surface area contributed by atoms with Gasteiger partial charge in [-0.05, 0) is 6.42 Å². The average molecular weight is 360 g/mol. The molecule has 0 radical (unpaired) electrons. The molecule has 0 aliphatic carbocycles. The summed E-state index contributed by atoms with van der Waals surface area (Å²) < 4.78 is 26.1. The van der Waals surface area contributed by atoms with E-state index >= 15 is 0 Å². The van der Waals surface area contributed by atoms with Crippen LogP contribution in [0.2, 0.25) is 0 Å². The van der Waals surface area contributed by atoms with E-state index in [9.17, 15) is 8.42 Å². The number of unbranched alkanes of at least 4 members (excludes halogenated alkanes) is 1. The zero-order valence-corrected chi connectivity index (χ0v) is 16.3. The topological polar surface area (TPSA) is 53.5 Å². The van der Waals surface area contributed by atoms with Gasteiger partial charge in [0, 0.05) is 37.0 Å². The molecule has 2 rings (SSSR count). The average Bonchev–Trinajstić information content (AvgIpc) is 2.94. The fraction of sp³-hybridized carbons (Fsp3) is 0.812. The first-order valence-corrected chi connectivity index (χ1v) is 10.9. The van der Waals surface area contributed by atoms with Crippen molar-refractivity contribution in [2.24, 2.45) is 0 Å². The SMILES string of the molecule is CCCCS(=O)(=O)N1CCN(Cc2nc(C(C)(C)C)cs2)CC1. The van der Waals surface area contributed by atoms with Crippen LogP contribution < -0.4 is 0 Å². The molecule has 1 fully saturated rings. The maximum atomic E-state index is 12.2.